The molecule has 7 heteroatoms. The van der Waals surface area contributed by atoms with Crippen molar-refractivity contribution in [1.82, 2.24) is 5.32 Å². The highest BCUT2D eigenvalue weighted by atomic mass is 19.4. The highest BCUT2D eigenvalue weighted by molar-refractivity contribution is 5.76. The smallest absolute Gasteiger partial charge is 0.406 e. The SMILES string of the molecule is CC(O)CC(C)(C)CNC(=O)CCc1ccc(OC(F)(F)F)cc1. The summed E-state index contributed by atoms with van der Waals surface area (Å²) in [6.07, 6.45) is -3.90. The maximum absolute atomic E-state index is 12.1. The minimum atomic E-state index is -4.71. The number of amides is 1. The van der Waals surface area contributed by atoms with E-state index in [1.54, 1.807) is 6.92 Å². The Kier molecular flexibility index (Phi) is 7.08. The molecule has 1 rings (SSSR count). The van der Waals surface area contributed by atoms with Gasteiger partial charge in [0.2, 0.25) is 5.91 Å². The van der Waals surface area contributed by atoms with Crippen molar-refractivity contribution in [3.63, 3.8) is 0 Å². The average Bonchev–Trinajstić information content (AvgIpc) is 2.41. The Balaban J connectivity index is 2.39. The van der Waals surface area contributed by atoms with Crippen molar-refractivity contribution in [2.45, 2.75) is 52.5 Å². The molecule has 0 spiro atoms. The molecule has 0 heterocycles. The maximum atomic E-state index is 12.1. The summed E-state index contributed by atoms with van der Waals surface area (Å²) < 4.78 is 40.0. The van der Waals surface area contributed by atoms with Gasteiger partial charge in [0.15, 0.2) is 0 Å². The molecule has 0 fully saturated rings. The Labute approximate surface area is 140 Å². The lowest BCUT2D eigenvalue weighted by molar-refractivity contribution is -0.274. The van der Waals surface area contributed by atoms with Gasteiger partial charge < -0.3 is 15.2 Å². The van der Waals surface area contributed by atoms with Crippen molar-refractivity contribution in [1.29, 1.82) is 0 Å². The third kappa shape index (κ3) is 8.76. The fourth-order valence-corrected chi connectivity index (χ4v) is 2.41. The first-order valence-electron chi connectivity index (χ1n) is 7.76. The molecule has 1 aromatic carbocycles. The lowest BCUT2D eigenvalue weighted by Gasteiger charge is -2.26. The van der Waals surface area contributed by atoms with Gasteiger partial charge in [-0.1, -0.05) is 26.0 Å². The number of hydrogen-bond donors (Lipinski definition) is 2. The Morgan fingerprint density at radius 3 is 2.33 bits per heavy atom. The monoisotopic (exact) mass is 347 g/mol. The van der Waals surface area contributed by atoms with E-state index in [-0.39, 0.29) is 23.5 Å². The Hall–Kier alpha value is -1.76. The number of rotatable bonds is 8. The van der Waals surface area contributed by atoms with Gasteiger partial charge in [-0.2, -0.15) is 0 Å². The summed E-state index contributed by atoms with van der Waals surface area (Å²) in [5.74, 6) is -0.417. The van der Waals surface area contributed by atoms with Crippen LogP contribution in [-0.4, -0.2) is 30.0 Å². The fourth-order valence-electron chi connectivity index (χ4n) is 2.41. The molecule has 1 amide bonds. The van der Waals surface area contributed by atoms with Crippen LogP contribution in [0.4, 0.5) is 13.2 Å². The van der Waals surface area contributed by atoms with E-state index >= 15 is 0 Å². The molecule has 24 heavy (non-hydrogen) atoms. The van der Waals surface area contributed by atoms with Crippen molar-refractivity contribution in [3.8, 4) is 5.75 Å². The van der Waals surface area contributed by atoms with Gasteiger partial charge in [-0.3, -0.25) is 4.79 Å². The van der Waals surface area contributed by atoms with Gasteiger partial charge in [0.05, 0.1) is 6.10 Å². The summed E-state index contributed by atoms with van der Waals surface area (Å²) in [5.41, 5.74) is 0.545. The molecule has 1 unspecified atom stereocenters. The number of halogens is 3. The summed E-state index contributed by atoms with van der Waals surface area (Å²) in [6, 6.07) is 5.47. The number of nitrogens with one attached hydrogen (secondary N) is 1. The third-order valence-corrected chi connectivity index (χ3v) is 3.41. The Bertz CT molecular complexity index is 525. The molecule has 0 aliphatic carbocycles. The van der Waals surface area contributed by atoms with Crippen LogP contribution in [0.25, 0.3) is 0 Å². The number of carbonyl (C=O) groups is 1. The lowest BCUT2D eigenvalue weighted by atomic mass is 9.87. The molecule has 2 N–H and O–H groups in total. The predicted molar refractivity (Wildman–Crippen MR) is 84.5 cm³/mol. The van der Waals surface area contributed by atoms with Gasteiger partial charge in [0.1, 0.15) is 5.75 Å². The van der Waals surface area contributed by atoms with E-state index in [1.165, 1.54) is 24.3 Å². The lowest BCUT2D eigenvalue weighted by Crippen LogP contribution is -2.35. The van der Waals surface area contributed by atoms with Crippen LogP contribution in [0.15, 0.2) is 24.3 Å². The van der Waals surface area contributed by atoms with E-state index in [2.05, 4.69) is 10.1 Å². The van der Waals surface area contributed by atoms with Crippen LogP contribution in [-0.2, 0) is 11.2 Å². The Morgan fingerprint density at radius 2 is 1.83 bits per heavy atom. The number of aliphatic hydroxyl groups excluding tert-OH is 1. The zero-order valence-electron chi connectivity index (χ0n) is 14.1. The van der Waals surface area contributed by atoms with E-state index in [1.807, 2.05) is 13.8 Å². The number of benzene rings is 1. The largest absolute Gasteiger partial charge is 0.573 e. The van der Waals surface area contributed by atoms with Crippen molar-refractivity contribution in [2.75, 3.05) is 6.54 Å². The zero-order valence-corrected chi connectivity index (χ0v) is 14.1. The second-order valence-corrected chi connectivity index (χ2v) is 6.69. The molecule has 0 saturated heterocycles. The van der Waals surface area contributed by atoms with Crippen molar-refractivity contribution in [3.05, 3.63) is 29.8 Å². The van der Waals surface area contributed by atoms with Gasteiger partial charge in [-0.05, 0) is 42.9 Å². The summed E-state index contributed by atoms with van der Waals surface area (Å²) in [6.45, 7) is 6.07. The quantitative estimate of drug-likeness (QED) is 0.757. The number of aryl methyl sites for hydroxylation is 1. The average molecular weight is 347 g/mol. The highest BCUT2D eigenvalue weighted by Crippen LogP contribution is 2.23. The first kappa shape index (κ1) is 20.3. The first-order valence-corrected chi connectivity index (χ1v) is 7.76. The molecular formula is C17H24F3NO3. The normalized spacial score (nSPS) is 13.5. The minimum absolute atomic E-state index is 0.135. The van der Waals surface area contributed by atoms with Crippen molar-refractivity contribution >= 4 is 5.91 Å². The second-order valence-electron chi connectivity index (χ2n) is 6.69. The Morgan fingerprint density at radius 1 is 1.25 bits per heavy atom. The number of carbonyl (C=O) groups excluding carboxylic acids is 1. The molecule has 136 valence electrons. The number of hydrogen-bond acceptors (Lipinski definition) is 3. The molecule has 0 aliphatic rings. The third-order valence-electron chi connectivity index (χ3n) is 3.41. The molecule has 4 nitrogen and oxygen atoms in total. The molecule has 0 radical (unpaired) electrons. The second kappa shape index (κ2) is 8.37. The fraction of sp³-hybridized carbons (Fsp3) is 0.588. The summed E-state index contributed by atoms with van der Waals surface area (Å²) >= 11 is 0. The number of alkyl halides is 3. The van der Waals surface area contributed by atoms with Crippen LogP contribution >= 0.6 is 0 Å². The van der Waals surface area contributed by atoms with Gasteiger partial charge >= 0.3 is 6.36 Å². The molecular weight excluding hydrogens is 323 g/mol. The highest BCUT2D eigenvalue weighted by Gasteiger charge is 2.30. The summed E-state index contributed by atoms with van der Waals surface area (Å²) in [5, 5.41) is 12.2. The molecule has 1 atom stereocenters. The van der Waals surface area contributed by atoms with E-state index in [0.717, 1.165) is 5.56 Å². The topological polar surface area (TPSA) is 58.6 Å². The molecule has 0 aliphatic heterocycles. The van der Waals surface area contributed by atoms with Crippen LogP contribution in [0.2, 0.25) is 0 Å². The number of aliphatic hydroxyl groups is 1. The summed E-state index contributed by atoms with van der Waals surface area (Å²) in [4.78, 5) is 11.9. The van der Waals surface area contributed by atoms with E-state index in [4.69, 9.17) is 0 Å². The zero-order chi connectivity index (χ0) is 18.4. The van der Waals surface area contributed by atoms with E-state index < -0.39 is 12.5 Å². The maximum Gasteiger partial charge on any atom is 0.573 e. The van der Waals surface area contributed by atoms with E-state index in [0.29, 0.717) is 19.4 Å². The van der Waals surface area contributed by atoms with E-state index in [9.17, 15) is 23.1 Å². The van der Waals surface area contributed by atoms with Crippen molar-refractivity contribution in [2.24, 2.45) is 5.41 Å². The minimum Gasteiger partial charge on any atom is -0.406 e. The van der Waals surface area contributed by atoms with Crippen LogP contribution in [0, 0.1) is 5.41 Å². The summed E-state index contributed by atoms with van der Waals surface area (Å²) in [7, 11) is 0. The van der Waals surface area contributed by atoms with Crippen molar-refractivity contribution < 1.29 is 27.8 Å². The molecule has 1 aromatic rings. The van der Waals surface area contributed by atoms with Gasteiger partial charge in [-0.25, -0.2) is 0 Å². The van der Waals surface area contributed by atoms with Gasteiger partial charge in [0.25, 0.3) is 0 Å². The van der Waals surface area contributed by atoms with Gasteiger partial charge in [-0.15, -0.1) is 13.2 Å². The first-order chi connectivity index (χ1) is 11.0. The van der Waals surface area contributed by atoms with Crippen LogP contribution in [0.3, 0.4) is 0 Å². The standard InChI is InChI=1S/C17H24F3NO3/c1-12(22)10-16(2,3)11-21-15(23)9-6-13-4-7-14(8-5-13)24-17(18,19)20/h4-5,7-8,12,22H,6,9-11H2,1-3H3,(H,21,23). The molecule has 0 saturated carbocycles. The predicted octanol–water partition coefficient (Wildman–Crippen LogP) is 3.43. The van der Waals surface area contributed by atoms with Crippen LogP contribution < -0.4 is 10.1 Å². The van der Waals surface area contributed by atoms with Crippen LogP contribution in [0.5, 0.6) is 5.75 Å². The van der Waals surface area contributed by atoms with Crippen LogP contribution in [0.1, 0.15) is 39.2 Å². The van der Waals surface area contributed by atoms with Gasteiger partial charge in [0, 0.05) is 13.0 Å². The molecule has 0 bridgehead atoms. The molecule has 0 aromatic heterocycles. The number of ether oxygens (including phenoxy) is 1.